The van der Waals surface area contributed by atoms with Crippen molar-refractivity contribution in [1.29, 1.82) is 0 Å². The average Bonchev–Trinajstić information content (AvgIpc) is 2.30. The number of rotatable bonds is 8. The molecular formula is C11H22N2O3S. The first-order valence-electron chi connectivity index (χ1n) is 5.84. The van der Waals surface area contributed by atoms with Crippen LogP contribution in [-0.2, 0) is 9.59 Å². The fourth-order valence-corrected chi connectivity index (χ4v) is 1.70. The standard InChI is InChI=1S/C11H22N2O3S/c1-3-4-5-13(6-7-14)11(16)10(8-17)12-9(2)15/h10,14,17H,3-8H2,1-2H3,(H,12,15). The SMILES string of the molecule is CCCCN(CCO)C(=O)C(CS)NC(C)=O. The maximum absolute atomic E-state index is 12.1. The average molecular weight is 262 g/mol. The molecule has 0 bridgehead atoms. The second kappa shape index (κ2) is 9.30. The Morgan fingerprint density at radius 2 is 2.06 bits per heavy atom. The highest BCUT2D eigenvalue weighted by atomic mass is 32.1. The molecule has 17 heavy (non-hydrogen) atoms. The van der Waals surface area contributed by atoms with Crippen LogP contribution < -0.4 is 5.32 Å². The lowest BCUT2D eigenvalue weighted by molar-refractivity contribution is -0.135. The van der Waals surface area contributed by atoms with Crippen LogP contribution >= 0.6 is 12.6 Å². The highest BCUT2D eigenvalue weighted by molar-refractivity contribution is 7.80. The highest BCUT2D eigenvalue weighted by Gasteiger charge is 2.23. The van der Waals surface area contributed by atoms with Gasteiger partial charge < -0.3 is 15.3 Å². The van der Waals surface area contributed by atoms with E-state index >= 15 is 0 Å². The first-order chi connectivity index (χ1) is 8.06. The second-order valence-electron chi connectivity index (χ2n) is 3.84. The number of hydrogen-bond acceptors (Lipinski definition) is 4. The van der Waals surface area contributed by atoms with Gasteiger partial charge in [-0.05, 0) is 6.42 Å². The van der Waals surface area contributed by atoms with E-state index in [0.29, 0.717) is 13.1 Å². The summed E-state index contributed by atoms with van der Waals surface area (Å²) in [4.78, 5) is 24.6. The molecule has 0 heterocycles. The first kappa shape index (κ1) is 16.2. The van der Waals surface area contributed by atoms with Crippen LogP contribution in [-0.4, -0.2) is 53.3 Å². The molecule has 0 radical (unpaired) electrons. The van der Waals surface area contributed by atoms with E-state index in [9.17, 15) is 9.59 Å². The van der Waals surface area contributed by atoms with Crippen LogP contribution in [0.5, 0.6) is 0 Å². The molecule has 2 N–H and O–H groups in total. The molecule has 0 saturated heterocycles. The number of amides is 2. The number of aliphatic hydroxyl groups excluding tert-OH is 1. The Morgan fingerprint density at radius 3 is 2.47 bits per heavy atom. The smallest absolute Gasteiger partial charge is 0.246 e. The maximum atomic E-state index is 12.1. The summed E-state index contributed by atoms with van der Waals surface area (Å²) in [7, 11) is 0. The molecule has 0 aliphatic carbocycles. The largest absolute Gasteiger partial charge is 0.395 e. The number of carbonyl (C=O) groups is 2. The minimum absolute atomic E-state index is 0.0746. The van der Waals surface area contributed by atoms with Gasteiger partial charge in [-0.3, -0.25) is 9.59 Å². The number of thiol groups is 1. The van der Waals surface area contributed by atoms with Gasteiger partial charge in [-0.2, -0.15) is 12.6 Å². The van der Waals surface area contributed by atoms with E-state index in [0.717, 1.165) is 12.8 Å². The second-order valence-corrected chi connectivity index (χ2v) is 4.20. The van der Waals surface area contributed by atoms with Gasteiger partial charge in [0.2, 0.25) is 11.8 Å². The summed E-state index contributed by atoms with van der Waals surface area (Å²) in [6, 6.07) is -0.612. The number of carbonyl (C=O) groups excluding carboxylic acids is 2. The Bertz CT molecular complexity index is 249. The van der Waals surface area contributed by atoms with Crippen molar-refractivity contribution in [3.63, 3.8) is 0 Å². The molecule has 1 unspecified atom stereocenters. The van der Waals surface area contributed by atoms with Crippen molar-refractivity contribution in [3.8, 4) is 0 Å². The molecule has 0 aliphatic heterocycles. The van der Waals surface area contributed by atoms with E-state index in [1.54, 1.807) is 4.90 Å². The molecule has 0 aromatic carbocycles. The quantitative estimate of drug-likeness (QED) is 0.541. The third-order valence-electron chi connectivity index (χ3n) is 2.32. The third kappa shape index (κ3) is 6.53. The van der Waals surface area contributed by atoms with Crippen molar-refractivity contribution in [2.24, 2.45) is 0 Å². The molecule has 0 fully saturated rings. The molecular weight excluding hydrogens is 240 g/mol. The summed E-state index contributed by atoms with van der Waals surface area (Å²) in [5.41, 5.74) is 0. The van der Waals surface area contributed by atoms with E-state index in [1.807, 2.05) is 6.92 Å². The van der Waals surface area contributed by atoms with Gasteiger partial charge in [0, 0.05) is 25.8 Å². The summed E-state index contributed by atoms with van der Waals surface area (Å²) in [6.45, 7) is 4.22. The van der Waals surface area contributed by atoms with Crippen LogP contribution in [0.1, 0.15) is 26.7 Å². The molecule has 1 atom stereocenters. The van der Waals surface area contributed by atoms with Crippen molar-refractivity contribution in [3.05, 3.63) is 0 Å². The first-order valence-corrected chi connectivity index (χ1v) is 6.47. The van der Waals surface area contributed by atoms with Gasteiger partial charge in [-0.25, -0.2) is 0 Å². The van der Waals surface area contributed by atoms with E-state index in [-0.39, 0.29) is 24.2 Å². The fraction of sp³-hybridized carbons (Fsp3) is 0.818. The van der Waals surface area contributed by atoms with Gasteiger partial charge in [-0.15, -0.1) is 0 Å². The molecule has 0 aromatic rings. The maximum Gasteiger partial charge on any atom is 0.246 e. The minimum Gasteiger partial charge on any atom is -0.395 e. The predicted molar refractivity (Wildman–Crippen MR) is 70.0 cm³/mol. The van der Waals surface area contributed by atoms with Crippen LogP contribution in [0.25, 0.3) is 0 Å². The minimum atomic E-state index is -0.612. The lowest BCUT2D eigenvalue weighted by Gasteiger charge is -2.26. The fourth-order valence-electron chi connectivity index (χ4n) is 1.45. The van der Waals surface area contributed by atoms with Crippen LogP contribution in [0.4, 0.5) is 0 Å². The Balaban J connectivity index is 4.48. The van der Waals surface area contributed by atoms with Gasteiger partial charge in [0.25, 0.3) is 0 Å². The van der Waals surface area contributed by atoms with Crippen molar-refractivity contribution in [2.75, 3.05) is 25.4 Å². The summed E-state index contributed by atoms with van der Waals surface area (Å²) in [6.07, 6.45) is 1.85. The Kier molecular flexibility index (Phi) is 8.89. The normalized spacial score (nSPS) is 12.0. The van der Waals surface area contributed by atoms with Crippen LogP contribution in [0.3, 0.4) is 0 Å². The molecule has 100 valence electrons. The summed E-state index contributed by atoms with van der Waals surface area (Å²) < 4.78 is 0. The number of unbranched alkanes of at least 4 members (excludes halogenated alkanes) is 1. The van der Waals surface area contributed by atoms with Gasteiger partial charge >= 0.3 is 0 Å². The summed E-state index contributed by atoms with van der Waals surface area (Å²) >= 11 is 4.06. The summed E-state index contributed by atoms with van der Waals surface area (Å²) in [5.74, 6) is -0.179. The highest BCUT2D eigenvalue weighted by Crippen LogP contribution is 2.01. The number of hydrogen-bond donors (Lipinski definition) is 3. The molecule has 5 nitrogen and oxygen atoms in total. The molecule has 0 rings (SSSR count). The Labute approximate surface area is 108 Å². The van der Waals surface area contributed by atoms with Gasteiger partial charge in [0.15, 0.2) is 0 Å². The van der Waals surface area contributed by atoms with Gasteiger partial charge in [-0.1, -0.05) is 13.3 Å². The van der Waals surface area contributed by atoms with Crippen LogP contribution in [0.15, 0.2) is 0 Å². The van der Waals surface area contributed by atoms with E-state index in [2.05, 4.69) is 17.9 Å². The van der Waals surface area contributed by atoms with Gasteiger partial charge in [0.05, 0.1) is 6.61 Å². The number of aliphatic hydroxyl groups is 1. The lowest BCUT2D eigenvalue weighted by Crippen LogP contribution is -2.50. The third-order valence-corrected chi connectivity index (χ3v) is 2.69. The lowest BCUT2D eigenvalue weighted by atomic mass is 10.2. The van der Waals surface area contributed by atoms with Crippen LogP contribution in [0.2, 0.25) is 0 Å². The van der Waals surface area contributed by atoms with Crippen LogP contribution in [0, 0.1) is 0 Å². The molecule has 0 saturated carbocycles. The molecule has 0 spiro atoms. The van der Waals surface area contributed by atoms with E-state index < -0.39 is 6.04 Å². The molecule has 6 heteroatoms. The van der Waals surface area contributed by atoms with Crippen molar-refractivity contribution >= 4 is 24.4 Å². The van der Waals surface area contributed by atoms with E-state index in [4.69, 9.17) is 5.11 Å². The van der Waals surface area contributed by atoms with Crippen molar-refractivity contribution in [1.82, 2.24) is 10.2 Å². The van der Waals surface area contributed by atoms with E-state index in [1.165, 1.54) is 6.92 Å². The number of nitrogens with one attached hydrogen (secondary N) is 1. The number of nitrogens with zero attached hydrogens (tertiary/aromatic N) is 1. The topological polar surface area (TPSA) is 69.6 Å². The zero-order valence-electron chi connectivity index (χ0n) is 10.5. The van der Waals surface area contributed by atoms with Gasteiger partial charge in [0.1, 0.15) is 6.04 Å². The Hall–Kier alpha value is -0.750. The molecule has 2 amide bonds. The Morgan fingerprint density at radius 1 is 1.41 bits per heavy atom. The molecule has 0 aromatic heterocycles. The molecule has 0 aliphatic rings. The van der Waals surface area contributed by atoms with Crippen molar-refractivity contribution < 1.29 is 14.7 Å². The summed E-state index contributed by atoms with van der Waals surface area (Å²) in [5, 5.41) is 11.5. The monoisotopic (exact) mass is 262 g/mol. The van der Waals surface area contributed by atoms with Crippen molar-refractivity contribution in [2.45, 2.75) is 32.7 Å². The predicted octanol–water partition coefficient (Wildman–Crippen LogP) is 0.0419. The zero-order chi connectivity index (χ0) is 13.3. The zero-order valence-corrected chi connectivity index (χ0v) is 11.4.